The Bertz CT molecular complexity index is 435. The maximum absolute atomic E-state index is 10.6. The first-order valence-corrected chi connectivity index (χ1v) is 6.54. The molecule has 19 heavy (non-hydrogen) atoms. The number of carboxylic acid groups (broad SMARTS) is 1. The number of aliphatic carboxylic acids is 1. The maximum atomic E-state index is 10.6. The van der Waals surface area contributed by atoms with Crippen molar-refractivity contribution >= 4 is 11.9 Å². The number of hydrogen-bond donors (Lipinski definition) is 1. The van der Waals surface area contributed by atoms with Gasteiger partial charge in [0.05, 0.1) is 0 Å². The number of nitrogens with zero attached hydrogens (tertiary/aromatic N) is 4. The molecule has 6 nitrogen and oxygen atoms in total. The van der Waals surface area contributed by atoms with Gasteiger partial charge in [-0.05, 0) is 26.3 Å². The zero-order valence-electron chi connectivity index (χ0n) is 11.4. The van der Waals surface area contributed by atoms with E-state index < -0.39 is 5.97 Å². The van der Waals surface area contributed by atoms with E-state index in [1.165, 1.54) is 17.7 Å². The van der Waals surface area contributed by atoms with Crippen LogP contribution in [-0.2, 0) is 11.3 Å². The fourth-order valence-electron chi connectivity index (χ4n) is 2.36. The zero-order chi connectivity index (χ0) is 13.8. The Labute approximate surface area is 113 Å². The highest BCUT2D eigenvalue weighted by atomic mass is 16.4. The number of likely N-dealkylation sites (tertiary alicyclic amines) is 1. The molecule has 1 saturated heterocycles. The lowest BCUT2D eigenvalue weighted by Crippen LogP contribution is -2.28. The first-order chi connectivity index (χ1) is 9.06. The van der Waals surface area contributed by atoms with Gasteiger partial charge in [0, 0.05) is 37.6 Å². The second-order valence-electron chi connectivity index (χ2n) is 5.10. The summed E-state index contributed by atoms with van der Waals surface area (Å²) in [6.45, 7) is 4.14. The molecule has 2 heterocycles. The van der Waals surface area contributed by atoms with Crippen LogP contribution in [0.25, 0.3) is 0 Å². The molecule has 1 aliphatic rings. The number of anilines is 1. The molecule has 1 aromatic heterocycles. The van der Waals surface area contributed by atoms with Crippen LogP contribution in [0.15, 0.2) is 12.4 Å². The standard InChI is InChI=1S/C13H20N4O2/c1-10-4-3-5-17(10)8-11-6-14-13(15-7-11)16(2)9-12(18)19/h6-7,10H,3-5,8-9H2,1-2H3,(H,18,19)/t10-/m1/s1. The third kappa shape index (κ3) is 3.64. The van der Waals surface area contributed by atoms with Crippen molar-refractivity contribution in [3.63, 3.8) is 0 Å². The Hall–Kier alpha value is -1.69. The van der Waals surface area contributed by atoms with E-state index in [1.807, 2.05) is 0 Å². The van der Waals surface area contributed by atoms with E-state index in [0.717, 1.165) is 18.7 Å². The van der Waals surface area contributed by atoms with Gasteiger partial charge in [-0.25, -0.2) is 9.97 Å². The minimum absolute atomic E-state index is 0.0947. The van der Waals surface area contributed by atoms with Crippen LogP contribution in [0.3, 0.4) is 0 Å². The molecule has 0 amide bonds. The fourth-order valence-corrected chi connectivity index (χ4v) is 2.36. The van der Waals surface area contributed by atoms with E-state index in [2.05, 4.69) is 21.8 Å². The van der Waals surface area contributed by atoms with E-state index in [0.29, 0.717) is 12.0 Å². The SMILES string of the molecule is C[C@@H]1CCCN1Cc1cnc(N(C)CC(=O)O)nc1. The molecule has 1 N–H and O–H groups in total. The summed E-state index contributed by atoms with van der Waals surface area (Å²) in [6.07, 6.45) is 6.07. The van der Waals surface area contributed by atoms with Gasteiger partial charge in [0.25, 0.3) is 0 Å². The normalized spacial score (nSPS) is 19.6. The van der Waals surface area contributed by atoms with E-state index in [9.17, 15) is 4.79 Å². The van der Waals surface area contributed by atoms with Crippen LogP contribution in [-0.4, -0.2) is 52.1 Å². The van der Waals surface area contributed by atoms with E-state index >= 15 is 0 Å². The number of aromatic nitrogens is 2. The molecule has 104 valence electrons. The number of rotatable bonds is 5. The predicted molar refractivity (Wildman–Crippen MR) is 72.0 cm³/mol. The van der Waals surface area contributed by atoms with Crippen molar-refractivity contribution in [3.05, 3.63) is 18.0 Å². The van der Waals surface area contributed by atoms with Gasteiger partial charge in [-0.3, -0.25) is 9.69 Å². The lowest BCUT2D eigenvalue weighted by molar-refractivity contribution is -0.135. The Morgan fingerprint density at radius 2 is 2.21 bits per heavy atom. The highest BCUT2D eigenvalue weighted by Crippen LogP contribution is 2.19. The number of hydrogen-bond acceptors (Lipinski definition) is 5. The molecule has 0 unspecified atom stereocenters. The van der Waals surface area contributed by atoms with E-state index in [1.54, 1.807) is 19.4 Å². The summed E-state index contributed by atoms with van der Waals surface area (Å²) in [4.78, 5) is 23.0. The van der Waals surface area contributed by atoms with E-state index in [4.69, 9.17) is 5.11 Å². The second-order valence-corrected chi connectivity index (χ2v) is 5.10. The van der Waals surface area contributed by atoms with Gasteiger partial charge in [-0.15, -0.1) is 0 Å². The van der Waals surface area contributed by atoms with Crippen molar-refractivity contribution in [1.29, 1.82) is 0 Å². The van der Waals surface area contributed by atoms with Crippen molar-refractivity contribution < 1.29 is 9.90 Å². The highest BCUT2D eigenvalue weighted by Gasteiger charge is 2.20. The van der Waals surface area contributed by atoms with E-state index in [-0.39, 0.29) is 6.54 Å². The van der Waals surface area contributed by atoms with Gasteiger partial charge in [0.2, 0.25) is 5.95 Å². The molecule has 6 heteroatoms. The molecule has 1 fully saturated rings. The fraction of sp³-hybridized carbons (Fsp3) is 0.615. The Balaban J connectivity index is 1.96. The molecule has 1 atom stereocenters. The van der Waals surface area contributed by atoms with Crippen LogP contribution >= 0.6 is 0 Å². The summed E-state index contributed by atoms with van der Waals surface area (Å²) in [5.74, 6) is -0.443. The maximum Gasteiger partial charge on any atom is 0.323 e. The smallest absolute Gasteiger partial charge is 0.323 e. The van der Waals surface area contributed by atoms with Gasteiger partial charge in [-0.1, -0.05) is 0 Å². The summed E-state index contributed by atoms with van der Waals surface area (Å²) in [7, 11) is 1.67. The first kappa shape index (κ1) is 13.7. The molecular weight excluding hydrogens is 244 g/mol. The van der Waals surface area contributed by atoms with Crippen LogP contribution in [0, 0.1) is 0 Å². The number of carbonyl (C=O) groups is 1. The minimum Gasteiger partial charge on any atom is -0.480 e. The van der Waals surface area contributed by atoms with Crippen LogP contribution < -0.4 is 4.90 Å². The zero-order valence-corrected chi connectivity index (χ0v) is 11.4. The van der Waals surface area contributed by atoms with Crippen LogP contribution in [0.4, 0.5) is 5.95 Å². The minimum atomic E-state index is -0.888. The van der Waals surface area contributed by atoms with Crippen molar-refractivity contribution in [2.45, 2.75) is 32.4 Å². The molecular formula is C13H20N4O2. The molecule has 0 aromatic carbocycles. The van der Waals surface area contributed by atoms with Crippen LogP contribution in [0.1, 0.15) is 25.3 Å². The topological polar surface area (TPSA) is 69.6 Å². The number of carboxylic acids is 1. The summed E-state index contributed by atoms with van der Waals surface area (Å²) in [6, 6.07) is 0.620. The van der Waals surface area contributed by atoms with Gasteiger partial charge in [-0.2, -0.15) is 0 Å². The third-order valence-electron chi connectivity index (χ3n) is 3.48. The average molecular weight is 264 g/mol. The number of likely N-dealkylation sites (N-methyl/N-ethyl adjacent to an activating group) is 1. The van der Waals surface area contributed by atoms with Crippen molar-refractivity contribution in [2.75, 3.05) is 25.0 Å². The first-order valence-electron chi connectivity index (χ1n) is 6.54. The summed E-state index contributed by atoms with van der Waals surface area (Å²) < 4.78 is 0. The molecule has 0 aliphatic carbocycles. The average Bonchev–Trinajstić information content (AvgIpc) is 2.75. The Kier molecular flexibility index (Phi) is 4.31. The largest absolute Gasteiger partial charge is 0.480 e. The summed E-state index contributed by atoms with van der Waals surface area (Å²) in [5.41, 5.74) is 1.07. The van der Waals surface area contributed by atoms with Gasteiger partial charge < -0.3 is 10.0 Å². The molecule has 0 radical (unpaired) electrons. The quantitative estimate of drug-likeness (QED) is 0.855. The monoisotopic (exact) mass is 264 g/mol. The van der Waals surface area contributed by atoms with Gasteiger partial charge in [0.15, 0.2) is 0 Å². The second kappa shape index (κ2) is 5.97. The van der Waals surface area contributed by atoms with Crippen molar-refractivity contribution in [3.8, 4) is 0 Å². The predicted octanol–water partition coefficient (Wildman–Crippen LogP) is 0.982. The van der Waals surface area contributed by atoms with Gasteiger partial charge >= 0.3 is 5.97 Å². The van der Waals surface area contributed by atoms with Gasteiger partial charge in [0.1, 0.15) is 6.54 Å². The Morgan fingerprint density at radius 3 is 2.74 bits per heavy atom. The summed E-state index contributed by atoms with van der Waals surface area (Å²) in [5, 5.41) is 8.71. The lowest BCUT2D eigenvalue weighted by atomic mass is 10.2. The summed E-state index contributed by atoms with van der Waals surface area (Å²) >= 11 is 0. The molecule has 0 spiro atoms. The van der Waals surface area contributed by atoms with Crippen LogP contribution in [0.2, 0.25) is 0 Å². The third-order valence-corrected chi connectivity index (χ3v) is 3.48. The lowest BCUT2D eigenvalue weighted by Gasteiger charge is -2.21. The molecule has 1 aliphatic heterocycles. The molecule has 0 saturated carbocycles. The molecule has 1 aromatic rings. The Morgan fingerprint density at radius 1 is 1.53 bits per heavy atom. The molecule has 2 rings (SSSR count). The highest BCUT2D eigenvalue weighted by molar-refractivity contribution is 5.72. The van der Waals surface area contributed by atoms with Crippen molar-refractivity contribution in [1.82, 2.24) is 14.9 Å². The molecule has 0 bridgehead atoms. The van der Waals surface area contributed by atoms with Crippen molar-refractivity contribution in [2.24, 2.45) is 0 Å². The van der Waals surface area contributed by atoms with Crippen LogP contribution in [0.5, 0.6) is 0 Å².